The maximum atomic E-state index is 13.0. The number of rotatable bonds is 2. The van der Waals surface area contributed by atoms with Crippen LogP contribution in [0.2, 0.25) is 0 Å². The topological polar surface area (TPSA) is 34.1 Å². The lowest BCUT2D eigenvalue weighted by Gasteiger charge is -2.09. The third-order valence-electron chi connectivity index (χ3n) is 1.63. The van der Waals surface area contributed by atoms with Crippen molar-refractivity contribution in [1.82, 2.24) is 0 Å². The van der Waals surface area contributed by atoms with Gasteiger partial charge >= 0.3 is 6.18 Å². The van der Waals surface area contributed by atoms with E-state index in [0.29, 0.717) is 0 Å². The molecule has 0 aliphatic carbocycles. The highest BCUT2D eigenvalue weighted by molar-refractivity contribution is 7.91. The van der Waals surface area contributed by atoms with Crippen molar-refractivity contribution in [2.24, 2.45) is 0 Å². The molecule has 0 radical (unpaired) electrons. The van der Waals surface area contributed by atoms with Crippen molar-refractivity contribution in [2.45, 2.75) is 11.1 Å². The second kappa shape index (κ2) is 4.21. The van der Waals surface area contributed by atoms with Gasteiger partial charge in [0.25, 0.3) is 0 Å². The summed E-state index contributed by atoms with van der Waals surface area (Å²) in [5.74, 6) is -7.64. The highest BCUT2D eigenvalue weighted by Gasteiger charge is 2.38. The lowest BCUT2D eigenvalue weighted by molar-refractivity contribution is -0.106. The Balaban J connectivity index is 3.35. The van der Waals surface area contributed by atoms with E-state index in [-0.39, 0.29) is 12.1 Å². The molecule has 2 nitrogen and oxygen atoms in total. The quantitative estimate of drug-likeness (QED) is 0.615. The van der Waals surface area contributed by atoms with Gasteiger partial charge in [-0.25, -0.2) is 21.6 Å². The molecule has 1 rings (SSSR count). The normalized spacial score (nSPS) is 12.8. The number of hydrogen-bond donors (Lipinski definition) is 0. The number of benzene rings is 1. The summed E-state index contributed by atoms with van der Waals surface area (Å²) in [5, 5.41) is 0. The van der Waals surface area contributed by atoms with E-state index < -0.39 is 44.1 Å². The summed E-state index contributed by atoms with van der Waals surface area (Å²) in [6, 6.07) is -0.0152. The third-order valence-corrected chi connectivity index (χ3v) is 3.35. The van der Waals surface area contributed by atoms with Gasteiger partial charge in [-0.15, -0.1) is 0 Å². The second-order valence-electron chi connectivity index (χ2n) is 3.07. The Hall–Kier alpha value is -1.25. The Labute approximate surface area is 91.8 Å². The first-order valence-electron chi connectivity index (χ1n) is 3.97. The average molecular weight is 278 g/mol. The Morgan fingerprint density at radius 1 is 1.00 bits per heavy atom. The fraction of sp³-hybridized carbons (Fsp3) is 0.250. The highest BCUT2D eigenvalue weighted by Crippen LogP contribution is 2.26. The van der Waals surface area contributed by atoms with Gasteiger partial charge in [0.05, 0.1) is 0 Å². The van der Waals surface area contributed by atoms with Gasteiger partial charge in [0.2, 0.25) is 0 Å². The molecule has 0 saturated carbocycles. The van der Waals surface area contributed by atoms with Crippen LogP contribution < -0.4 is 0 Å². The standard InChI is InChI=1S/C8H4F6O2S/c9-4-1-5(10)7(6(11)2-4)17(15,16)3-8(12,13)14/h1-2H,3H2. The molecule has 0 unspecified atom stereocenters. The molecule has 0 aromatic heterocycles. The molecule has 17 heavy (non-hydrogen) atoms. The summed E-state index contributed by atoms with van der Waals surface area (Å²) in [4.78, 5) is -1.78. The zero-order chi connectivity index (χ0) is 13.4. The minimum atomic E-state index is -5.24. The zero-order valence-corrected chi connectivity index (χ0v) is 8.67. The van der Waals surface area contributed by atoms with Crippen LogP contribution in [0.1, 0.15) is 0 Å². The van der Waals surface area contributed by atoms with E-state index in [1.807, 2.05) is 0 Å². The summed E-state index contributed by atoms with van der Waals surface area (Å²) in [7, 11) is -5.24. The Kier molecular flexibility index (Phi) is 3.42. The molecule has 0 spiro atoms. The summed E-state index contributed by atoms with van der Waals surface area (Å²) in [5.41, 5.74) is 0. The summed E-state index contributed by atoms with van der Waals surface area (Å²) >= 11 is 0. The fourth-order valence-electron chi connectivity index (χ4n) is 1.11. The molecule has 1 aromatic carbocycles. The van der Waals surface area contributed by atoms with Gasteiger partial charge in [0.15, 0.2) is 15.6 Å². The largest absolute Gasteiger partial charge is 0.403 e. The monoisotopic (exact) mass is 278 g/mol. The van der Waals surface area contributed by atoms with E-state index >= 15 is 0 Å². The van der Waals surface area contributed by atoms with Crippen LogP contribution in [0.15, 0.2) is 17.0 Å². The van der Waals surface area contributed by atoms with E-state index in [9.17, 15) is 34.8 Å². The van der Waals surface area contributed by atoms with Crippen molar-refractivity contribution in [3.05, 3.63) is 29.6 Å². The lowest BCUT2D eigenvalue weighted by atomic mass is 10.3. The molecule has 96 valence electrons. The van der Waals surface area contributed by atoms with Crippen molar-refractivity contribution < 1.29 is 34.8 Å². The molecule has 0 aliphatic heterocycles. The smallest absolute Gasteiger partial charge is 0.223 e. The van der Waals surface area contributed by atoms with Gasteiger partial charge in [-0.1, -0.05) is 0 Å². The predicted molar refractivity (Wildman–Crippen MR) is 44.4 cm³/mol. The summed E-state index contributed by atoms with van der Waals surface area (Å²) in [6.45, 7) is 0. The minimum absolute atomic E-state index is 0.00760. The Morgan fingerprint density at radius 3 is 1.76 bits per heavy atom. The maximum Gasteiger partial charge on any atom is 0.403 e. The van der Waals surface area contributed by atoms with Crippen LogP contribution in [0, 0.1) is 17.5 Å². The number of sulfone groups is 1. The van der Waals surface area contributed by atoms with Crippen molar-refractivity contribution >= 4 is 9.84 Å². The fourth-order valence-corrected chi connectivity index (χ4v) is 2.40. The molecular formula is C8H4F6O2S. The maximum absolute atomic E-state index is 13.0. The molecule has 0 amide bonds. The second-order valence-corrected chi connectivity index (χ2v) is 5.00. The van der Waals surface area contributed by atoms with Crippen molar-refractivity contribution in [3.8, 4) is 0 Å². The summed E-state index contributed by atoms with van der Waals surface area (Å²) < 4.78 is 96.1. The number of hydrogen-bond acceptors (Lipinski definition) is 2. The first-order chi connectivity index (χ1) is 7.53. The molecule has 0 N–H and O–H groups in total. The van der Waals surface area contributed by atoms with Gasteiger partial charge in [-0.2, -0.15) is 13.2 Å². The molecule has 0 atom stereocenters. The van der Waals surface area contributed by atoms with Crippen LogP contribution in [-0.2, 0) is 9.84 Å². The first kappa shape index (κ1) is 13.8. The van der Waals surface area contributed by atoms with Crippen LogP contribution in [0.5, 0.6) is 0 Å². The number of alkyl halides is 3. The van der Waals surface area contributed by atoms with E-state index in [2.05, 4.69) is 0 Å². The van der Waals surface area contributed by atoms with Crippen LogP contribution in [0.3, 0.4) is 0 Å². The van der Waals surface area contributed by atoms with Crippen molar-refractivity contribution in [3.63, 3.8) is 0 Å². The van der Waals surface area contributed by atoms with E-state index in [1.54, 1.807) is 0 Å². The van der Waals surface area contributed by atoms with Gasteiger partial charge in [0, 0.05) is 12.1 Å². The van der Waals surface area contributed by atoms with Crippen LogP contribution in [0.4, 0.5) is 26.3 Å². The van der Waals surface area contributed by atoms with Crippen LogP contribution in [0.25, 0.3) is 0 Å². The summed E-state index contributed by atoms with van der Waals surface area (Å²) in [6.07, 6.45) is -5.15. The van der Waals surface area contributed by atoms with Gasteiger partial charge < -0.3 is 0 Å². The lowest BCUT2D eigenvalue weighted by Crippen LogP contribution is -2.24. The molecule has 0 aliphatic rings. The molecule has 0 heterocycles. The molecule has 0 saturated heterocycles. The van der Waals surface area contributed by atoms with Crippen molar-refractivity contribution in [1.29, 1.82) is 0 Å². The van der Waals surface area contributed by atoms with Gasteiger partial charge in [0.1, 0.15) is 22.3 Å². The molecule has 0 fully saturated rings. The van der Waals surface area contributed by atoms with E-state index in [4.69, 9.17) is 0 Å². The Morgan fingerprint density at radius 2 is 1.41 bits per heavy atom. The first-order valence-corrected chi connectivity index (χ1v) is 5.62. The van der Waals surface area contributed by atoms with E-state index in [1.165, 1.54) is 0 Å². The molecule has 1 aromatic rings. The third kappa shape index (κ3) is 3.35. The molecule has 9 heteroatoms. The Bertz CT molecular complexity index is 510. The number of halogens is 6. The van der Waals surface area contributed by atoms with Crippen LogP contribution in [-0.4, -0.2) is 20.3 Å². The highest BCUT2D eigenvalue weighted by atomic mass is 32.2. The van der Waals surface area contributed by atoms with Gasteiger partial charge in [-0.3, -0.25) is 0 Å². The van der Waals surface area contributed by atoms with Gasteiger partial charge in [-0.05, 0) is 0 Å². The van der Waals surface area contributed by atoms with Crippen molar-refractivity contribution in [2.75, 3.05) is 5.75 Å². The van der Waals surface area contributed by atoms with E-state index in [0.717, 1.165) is 0 Å². The average Bonchev–Trinajstić information content (AvgIpc) is 1.93. The van der Waals surface area contributed by atoms with Crippen LogP contribution >= 0.6 is 0 Å². The molecular weight excluding hydrogens is 274 g/mol. The SMILES string of the molecule is O=S(=O)(CC(F)(F)F)c1c(F)cc(F)cc1F. The predicted octanol–water partition coefficient (Wildman–Crippen LogP) is 2.44. The minimum Gasteiger partial charge on any atom is -0.223 e. The molecule has 0 bridgehead atoms. The zero-order valence-electron chi connectivity index (χ0n) is 7.85.